The van der Waals surface area contributed by atoms with E-state index in [1.165, 1.54) is 0 Å². The Morgan fingerprint density at radius 1 is 1.14 bits per heavy atom. The van der Waals surface area contributed by atoms with Crippen molar-refractivity contribution in [3.05, 3.63) is 26.6 Å². The number of carbonyl (C=O) groups is 3. The molecule has 0 aliphatic rings. The molecule has 0 fully saturated rings. The van der Waals surface area contributed by atoms with Crippen LogP contribution in [0.2, 0.25) is 0 Å². The SMILES string of the molecule is Cc1cc(Br)cc(Br)c1OCC(=O)NNC(=O)CCC(=O)O. The molecule has 7 nitrogen and oxygen atoms in total. The van der Waals surface area contributed by atoms with Crippen molar-refractivity contribution in [2.75, 3.05) is 6.61 Å². The topological polar surface area (TPSA) is 105 Å². The lowest BCUT2D eigenvalue weighted by molar-refractivity contribution is -0.139. The number of rotatable bonds is 6. The summed E-state index contributed by atoms with van der Waals surface area (Å²) in [7, 11) is 0. The number of aliphatic carboxylic acids is 1. The Balaban J connectivity index is 2.41. The van der Waals surface area contributed by atoms with Crippen LogP contribution in [0.3, 0.4) is 0 Å². The summed E-state index contributed by atoms with van der Waals surface area (Å²) in [5.74, 6) is -1.70. The number of carbonyl (C=O) groups excluding carboxylic acids is 2. The lowest BCUT2D eigenvalue weighted by Gasteiger charge is -2.12. The van der Waals surface area contributed by atoms with Gasteiger partial charge in [-0.3, -0.25) is 25.2 Å². The lowest BCUT2D eigenvalue weighted by Crippen LogP contribution is -2.43. The first-order valence-corrected chi connectivity index (χ1v) is 7.76. The van der Waals surface area contributed by atoms with Gasteiger partial charge in [-0.1, -0.05) is 15.9 Å². The zero-order chi connectivity index (χ0) is 16.7. The highest BCUT2D eigenvalue weighted by atomic mass is 79.9. The van der Waals surface area contributed by atoms with E-state index in [9.17, 15) is 14.4 Å². The van der Waals surface area contributed by atoms with E-state index in [-0.39, 0.29) is 19.4 Å². The zero-order valence-corrected chi connectivity index (χ0v) is 14.8. The van der Waals surface area contributed by atoms with Crippen LogP contribution in [0.4, 0.5) is 0 Å². The molecule has 0 saturated heterocycles. The molecule has 2 amide bonds. The first-order valence-electron chi connectivity index (χ1n) is 6.17. The molecule has 120 valence electrons. The number of halogens is 2. The van der Waals surface area contributed by atoms with Gasteiger partial charge in [0, 0.05) is 10.9 Å². The molecule has 3 N–H and O–H groups in total. The molecule has 0 aliphatic heterocycles. The smallest absolute Gasteiger partial charge is 0.303 e. The Bertz CT molecular complexity index is 569. The van der Waals surface area contributed by atoms with Crippen molar-refractivity contribution in [2.45, 2.75) is 19.8 Å². The minimum Gasteiger partial charge on any atom is -0.482 e. The van der Waals surface area contributed by atoms with E-state index in [1.54, 1.807) is 6.07 Å². The van der Waals surface area contributed by atoms with Crippen LogP contribution < -0.4 is 15.6 Å². The van der Waals surface area contributed by atoms with Crippen LogP contribution in [-0.4, -0.2) is 29.5 Å². The van der Waals surface area contributed by atoms with Crippen LogP contribution in [0.5, 0.6) is 5.75 Å². The maximum atomic E-state index is 11.6. The van der Waals surface area contributed by atoms with Gasteiger partial charge in [0.15, 0.2) is 6.61 Å². The lowest BCUT2D eigenvalue weighted by atomic mass is 10.2. The number of hydrogen-bond acceptors (Lipinski definition) is 4. The molecule has 1 aromatic rings. The van der Waals surface area contributed by atoms with E-state index in [2.05, 4.69) is 42.7 Å². The van der Waals surface area contributed by atoms with Crippen LogP contribution in [-0.2, 0) is 14.4 Å². The van der Waals surface area contributed by atoms with Crippen LogP contribution >= 0.6 is 31.9 Å². The average Bonchev–Trinajstić information content (AvgIpc) is 2.41. The van der Waals surface area contributed by atoms with Crippen molar-refractivity contribution < 1.29 is 24.2 Å². The van der Waals surface area contributed by atoms with Gasteiger partial charge in [-0.15, -0.1) is 0 Å². The van der Waals surface area contributed by atoms with Gasteiger partial charge in [0.1, 0.15) is 5.75 Å². The monoisotopic (exact) mass is 436 g/mol. The Labute approximate surface area is 143 Å². The number of ether oxygens (including phenoxy) is 1. The van der Waals surface area contributed by atoms with Gasteiger partial charge in [0.2, 0.25) is 5.91 Å². The average molecular weight is 438 g/mol. The number of carboxylic acids is 1. The van der Waals surface area contributed by atoms with Gasteiger partial charge in [0.05, 0.1) is 10.9 Å². The molecule has 9 heteroatoms. The fourth-order valence-corrected chi connectivity index (χ4v) is 3.02. The van der Waals surface area contributed by atoms with Crippen LogP contribution in [0.15, 0.2) is 21.1 Å². The van der Waals surface area contributed by atoms with Crippen molar-refractivity contribution in [1.29, 1.82) is 0 Å². The largest absolute Gasteiger partial charge is 0.482 e. The minimum atomic E-state index is -1.08. The third-order valence-electron chi connectivity index (χ3n) is 2.45. The zero-order valence-electron chi connectivity index (χ0n) is 11.6. The summed E-state index contributed by atoms with van der Waals surface area (Å²) < 4.78 is 6.96. The van der Waals surface area contributed by atoms with Gasteiger partial charge in [-0.2, -0.15) is 0 Å². The predicted octanol–water partition coefficient (Wildman–Crippen LogP) is 1.91. The number of aryl methyl sites for hydroxylation is 1. The van der Waals surface area contributed by atoms with E-state index in [0.29, 0.717) is 10.2 Å². The Morgan fingerprint density at radius 3 is 2.36 bits per heavy atom. The van der Waals surface area contributed by atoms with Crippen LogP contribution in [0, 0.1) is 6.92 Å². The number of carboxylic acid groups (broad SMARTS) is 1. The fraction of sp³-hybridized carbons (Fsp3) is 0.308. The standard InChI is InChI=1S/C13H14Br2N2O5/c1-7-4-8(14)5-9(15)13(7)22-6-11(19)17-16-10(18)2-3-12(20)21/h4-5H,2-3,6H2,1H3,(H,16,18)(H,17,19)(H,20,21). The molecule has 22 heavy (non-hydrogen) atoms. The molecular formula is C13H14Br2N2O5. The van der Waals surface area contributed by atoms with E-state index < -0.39 is 17.8 Å². The first-order chi connectivity index (χ1) is 10.3. The molecule has 0 saturated carbocycles. The quantitative estimate of drug-likeness (QED) is 0.589. The normalized spacial score (nSPS) is 9.95. The van der Waals surface area contributed by atoms with Crippen LogP contribution in [0.1, 0.15) is 18.4 Å². The van der Waals surface area contributed by atoms with Crippen LogP contribution in [0.25, 0.3) is 0 Å². The first kappa shape index (κ1) is 18.4. The van der Waals surface area contributed by atoms with E-state index in [0.717, 1.165) is 10.0 Å². The van der Waals surface area contributed by atoms with Gasteiger partial charge in [0.25, 0.3) is 5.91 Å². The molecule has 0 bridgehead atoms. The predicted molar refractivity (Wildman–Crippen MR) is 85.2 cm³/mol. The second-order valence-electron chi connectivity index (χ2n) is 4.31. The highest BCUT2D eigenvalue weighted by molar-refractivity contribution is 9.11. The van der Waals surface area contributed by atoms with E-state index in [4.69, 9.17) is 9.84 Å². The number of benzene rings is 1. The Morgan fingerprint density at radius 2 is 1.77 bits per heavy atom. The van der Waals surface area contributed by atoms with Crippen molar-refractivity contribution in [1.82, 2.24) is 10.9 Å². The van der Waals surface area contributed by atoms with Gasteiger partial charge in [-0.05, 0) is 40.5 Å². The molecule has 0 aromatic heterocycles. The molecule has 1 rings (SSSR count). The number of amides is 2. The molecule has 0 spiro atoms. The molecule has 0 heterocycles. The summed E-state index contributed by atoms with van der Waals surface area (Å²) in [6.07, 6.45) is -0.517. The summed E-state index contributed by atoms with van der Waals surface area (Å²) in [5, 5.41) is 8.43. The van der Waals surface area contributed by atoms with Crippen molar-refractivity contribution in [2.24, 2.45) is 0 Å². The second kappa shape index (κ2) is 8.74. The maximum absolute atomic E-state index is 11.6. The summed E-state index contributed by atoms with van der Waals surface area (Å²) in [4.78, 5) is 33.1. The Kier molecular flexibility index (Phi) is 7.33. The molecule has 0 radical (unpaired) electrons. The summed E-state index contributed by atoms with van der Waals surface area (Å²) >= 11 is 6.67. The number of nitrogens with one attached hydrogen (secondary N) is 2. The third-order valence-corrected chi connectivity index (χ3v) is 3.50. The summed E-state index contributed by atoms with van der Waals surface area (Å²) in [6.45, 7) is 1.54. The van der Waals surface area contributed by atoms with Crippen molar-refractivity contribution in [3.8, 4) is 5.75 Å². The van der Waals surface area contributed by atoms with E-state index >= 15 is 0 Å². The van der Waals surface area contributed by atoms with Gasteiger partial charge < -0.3 is 9.84 Å². The molecule has 0 unspecified atom stereocenters. The summed E-state index contributed by atoms with van der Waals surface area (Å²) in [6, 6.07) is 3.62. The van der Waals surface area contributed by atoms with Crippen molar-refractivity contribution >= 4 is 49.6 Å². The fourth-order valence-electron chi connectivity index (χ4n) is 1.47. The van der Waals surface area contributed by atoms with Gasteiger partial charge >= 0.3 is 5.97 Å². The number of hydrogen-bond donors (Lipinski definition) is 3. The summed E-state index contributed by atoms with van der Waals surface area (Å²) in [5.41, 5.74) is 5.09. The maximum Gasteiger partial charge on any atom is 0.303 e. The minimum absolute atomic E-state index is 0.214. The molecule has 0 atom stereocenters. The highest BCUT2D eigenvalue weighted by Gasteiger charge is 2.11. The van der Waals surface area contributed by atoms with Crippen molar-refractivity contribution in [3.63, 3.8) is 0 Å². The third kappa shape index (κ3) is 6.44. The number of hydrazine groups is 1. The molecule has 0 aliphatic carbocycles. The highest BCUT2D eigenvalue weighted by Crippen LogP contribution is 2.32. The molecular weight excluding hydrogens is 424 g/mol. The van der Waals surface area contributed by atoms with E-state index in [1.807, 2.05) is 13.0 Å². The molecule has 1 aromatic carbocycles. The Hall–Kier alpha value is -1.61. The van der Waals surface area contributed by atoms with Gasteiger partial charge in [-0.25, -0.2) is 0 Å². The second-order valence-corrected chi connectivity index (χ2v) is 6.08.